The molecule has 322 valence electrons. The number of phosphoric ester groups is 1. The Hall–Kier alpha value is -0.760. The summed E-state index contributed by atoms with van der Waals surface area (Å²) in [5, 5.41) is 13.9. The number of nitrogens with one attached hydrogen (secondary N) is 1. The maximum Gasteiger partial charge on any atom is 0.472 e. The molecule has 3 atom stereocenters. The number of carbonyl (C=O) groups excluding carboxylic acids is 1. The highest BCUT2D eigenvalue weighted by Crippen LogP contribution is 2.43. The number of quaternary nitrogens is 1. The van der Waals surface area contributed by atoms with Gasteiger partial charge in [0.25, 0.3) is 0 Å². The van der Waals surface area contributed by atoms with Gasteiger partial charge in [-0.2, -0.15) is 0 Å². The van der Waals surface area contributed by atoms with Gasteiger partial charge in [0, 0.05) is 6.42 Å². The predicted octanol–water partition coefficient (Wildman–Crippen LogP) is 12.8. The Labute approximate surface area is 335 Å². The second-order valence-electron chi connectivity index (χ2n) is 17.1. The highest BCUT2D eigenvalue weighted by Gasteiger charge is 2.28. The van der Waals surface area contributed by atoms with Gasteiger partial charge in [-0.25, -0.2) is 4.57 Å². The average Bonchev–Trinajstić information content (AvgIpc) is 3.12. The largest absolute Gasteiger partial charge is 0.472 e. The van der Waals surface area contributed by atoms with Crippen molar-refractivity contribution in [1.29, 1.82) is 0 Å². The molecular weight excluding hydrogens is 695 g/mol. The Morgan fingerprint density at radius 3 is 1.43 bits per heavy atom. The maximum absolute atomic E-state index is 12.9. The molecule has 0 spiro atoms. The van der Waals surface area contributed by atoms with Crippen LogP contribution in [0.5, 0.6) is 0 Å². The molecule has 8 nitrogen and oxygen atoms in total. The normalized spacial score (nSPS) is 14.4. The van der Waals surface area contributed by atoms with Gasteiger partial charge in [0.1, 0.15) is 13.2 Å². The third kappa shape index (κ3) is 39.5. The van der Waals surface area contributed by atoms with E-state index in [4.69, 9.17) is 9.05 Å². The van der Waals surface area contributed by atoms with Crippen molar-refractivity contribution < 1.29 is 32.9 Å². The fraction of sp³-hybridized carbons (Fsp3) is 0.933. The van der Waals surface area contributed by atoms with Crippen LogP contribution in [0, 0.1) is 0 Å². The Morgan fingerprint density at radius 2 is 1.00 bits per heavy atom. The van der Waals surface area contributed by atoms with E-state index in [-0.39, 0.29) is 19.1 Å². The molecule has 0 heterocycles. The summed E-state index contributed by atoms with van der Waals surface area (Å²) in [5.41, 5.74) is 0. The van der Waals surface area contributed by atoms with Crippen molar-refractivity contribution in [2.24, 2.45) is 0 Å². The SMILES string of the molecule is CCCCCC/C=C/CCCC[C@@H](O)[C@H](COP(=O)(O)OCC[N+](C)(C)C)NC(=O)CCCCCCCCCCCCCCCCCCCCCCCC. The molecule has 0 bridgehead atoms. The Morgan fingerprint density at radius 1 is 0.611 bits per heavy atom. The molecule has 0 rings (SSSR count). The number of hydrogen-bond acceptors (Lipinski definition) is 5. The summed E-state index contributed by atoms with van der Waals surface area (Å²) in [6, 6.07) is -0.770. The quantitative estimate of drug-likeness (QED) is 0.0246. The molecule has 0 aromatic rings. The standard InChI is InChI=1S/C45H91N2O6P/c1-6-8-10-12-14-16-18-19-20-21-22-23-24-25-26-27-28-29-31-33-35-37-39-45(49)46-43(42-53-54(50,51)52-41-40-47(3,4)5)44(48)38-36-34-32-30-17-15-13-11-9-7-2/h17,30,43-44,48H,6-16,18-29,31-42H2,1-5H3,(H-,46,49,50,51)/p+1/b30-17+/t43-,44+/m0/s1. The number of hydrogen-bond donors (Lipinski definition) is 3. The van der Waals surface area contributed by atoms with Gasteiger partial charge in [-0.3, -0.25) is 13.8 Å². The van der Waals surface area contributed by atoms with Gasteiger partial charge in [0.2, 0.25) is 5.91 Å². The van der Waals surface area contributed by atoms with Gasteiger partial charge in [0.15, 0.2) is 0 Å². The highest BCUT2D eigenvalue weighted by molar-refractivity contribution is 7.47. The number of likely N-dealkylation sites (N-methyl/N-ethyl adjacent to an activating group) is 1. The van der Waals surface area contributed by atoms with E-state index in [1.807, 2.05) is 21.1 Å². The zero-order valence-electron chi connectivity index (χ0n) is 36.5. The smallest absolute Gasteiger partial charge is 0.391 e. The number of carbonyl (C=O) groups is 1. The van der Waals surface area contributed by atoms with Crippen LogP contribution < -0.4 is 5.32 Å². The van der Waals surface area contributed by atoms with E-state index in [9.17, 15) is 19.4 Å². The Kier molecular flexibility index (Phi) is 37.3. The van der Waals surface area contributed by atoms with Gasteiger partial charge in [-0.15, -0.1) is 0 Å². The molecule has 54 heavy (non-hydrogen) atoms. The van der Waals surface area contributed by atoms with Crippen LogP contribution in [0.25, 0.3) is 0 Å². The predicted molar refractivity (Wildman–Crippen MR) is 231 cm³/mol. The van der Waals surface area contributed by atoms with Crippen molar-refractivity contribution in [2.45, 2.75) is 231 Å². The van der Waals surface area contributed by atoms with Crippen LogP contribution >= 0.6 is 7.82 Å². The minimum atomic E-state index is -4.31. The number of rotatable bonds is 42. The van der Waals surface area contributed by atoms with Crippen LogP contribution in [0.3, 0.4) is 0 Å². The van der Waals surface area contributed by atoms with E-state index >= 15 is 0 Å². The van der Waals surface area contributed by atoms with Gasteiger partial charge in [0.05, 0.1) is 39.9 Å². The van der Waals surface area contributed by atoms with Gasteiger partial charge < -0.3 is 19.8 Å². The molecule has 0 aliphatic rings. The molecule has 1 unspecified atom stereocenters. The van der Waals surface area contributed by atoms with Crippen LogP contribution in [0.4, 0.5) is 0 Å². The van der Waals surface area contributed by atoms with Crippen molar-refractivity contribution in [1.82, 2.24) is 5.32 Å². The third-order valence-electron chi connectivity index (χ3n) is 10.5. The summed E-state index contributed by atoms with van der Waals surface area (Å²) < 4.78 is 23.6. The molecule has 1 amide bonds. The maximum atomic E-state index is 12.9. The molecular formula is C45H92N2O6P+. The second kappa shape index (κ2) is 37.8. The molecule has 0 radical (unpaired) electrons. The average molecular weight is 788 g/mol. The van der Waals surface area contributed by atoms with E-state index in [2.05, 4.69) is 31.3 Å². The highest BCUT2D eigenvalue weighted by atomic mass is 31.2. The Bertz CT molecular complexity index is 896. The molecule has 0 aliphatic carbocycles. The summed E-state index contributed by atoms with van der Waals surface area (Å²) in [4.78, 5) is 23.1. The van der Waals surface area contributed by atoms with Gasteiger partial charge in [-0.05, 0) is 38.5 Å². The van der Waals surface area contributed by atoms with E-state index in [1.165, 1.54) is 148 Å². The van der Waals surface area contributed by atoms with Crippen LogP contribution in [-0.4, -0.2) is 73.4 Å². The zero-order chi connectivity index (χ0) is 40.0. The minimum Gasteiger partial charge on any atom is -0.391 e. The van der Waals surface area contributed by atoms with Crippen LogP contribution in [0.15, 0.2) is 12.2 Å². The number of unbranched alkanes of at least 4 members (excludes halogenated alkanes) is 27. The van der Waals surface area contributed by atoms with Gasteiger partial charge in [-0.1, -0.05) is 187 Å². The lowest BCUT2D eigenvalue weighted by molar-refractivity contribution is -0.870. The van der Waals surface area contributed by atoms with Crippen molar-refractivity contribution in [3.63, 3.8) is 0 Å². The first-order chi connectivity index (χ1) is 26.0. The van der Waals surface area contributed by atoms with Crippen molar-refractivity contribution in [3.05, 3.63) is 12.2 Å². The molecule has 3 N–H and O–H groups in total. The summed E-state index contributed by atoms with van der Waals surface area (Å²) in [5.74, 6) is -0.152. The second-order valence-corrected chi connectivity index (χ2v) is 18.6. The van der Waals surface area contributed by atoms with E-state index in [0.717, 1.165) is 44.9 Å². The topological polar surface area (TPSA) is 105 Å². The van der Waals surface area contributed by atoms with Crippen molar-refractivity contribution in [2.75, 3.05) is 40.9 Å². The lowest BCUT2D eigenvalue weighted by Crippen LogP contribution is -2.46. The van der Waals surface area contributed by atoms with Gasteiger partial charge >= 0.3 is 7.82 Å². The van der Waals surface area contributed by atoms with Crippen molar-refractivity contribution >= 4 is 13.7 Å². The summed E-state index contributed by atoms with van der Waals surface area (Å²) in [7, 11) is 1.61. The fourth-order valence-corrected chi connectivity index (χ4v) is 7.54. The van der Waals surface area contributed by atoms with Crippen LogP contribution in [0.2, 0.25) is 0 Å². The number of amides is 1. The third-order valence-corrected chi connectivity index (χ3v) is 11.5. The zero-order valence-corrected chi connectivity index (χ0v) is 37.4. The molecule has 9 heteroatoms. The number of nitrogens with zero attached hydrogens (tertiary/aromatic N) is 1. The Balaban J connectivity index is 4.18. The van der Waals surface area contributed by atoms with Crippen molar-refractivity contribution in [3.8, 4) is 0 Å². The molecule has 0 aromatic carbocycles. The molecule has 0 saturated heterocycles. The fourth-order valence-electron chi connectivity index (χ4n) is 6.81. The van der Waals surface area contributed by atoms with E-state index < -0.39 is 20.0 Å². The first-order valence-electron chi connectivity index (χ1n) is 23.1. The van der Waals surface area contributed by atoms with E-state index in [1.54, 1.807) is 0 Å². The minimum absolute atomic E-state index is 0.0719. The molecule has 0 fully saturated rings. The monoisotopic (exact) mass is 788 g/mol. The summed E-state index contributed by atoms with van der Waals surface area (Å²) >= 11 is 0. The lowest BCUT2D eigenvalue weighted by Gasteiger charge is -2.26. The first kappa shape index (κ1) is 53.2. The van der Waals surface area contributed by atoms with Crippen LogP contribution in [0.1, 0.15) is 219 Å². The number of phosphoric acid groups is 1. The number of allylic oxidation sites excluding steroid dienone is 2. The van der Waals surface area contributed by atoms with Crippen LogP contribution in [-0.2, 0) is 18.4 Å². The lowest BCUT2D eigenvalue weighted by atomic mass is 10.0. The summed E-state index contributed by atoms with van der Waals surface area (Å²) in [6.45, 7) is 4.85. The molecule has 0 aliphatic heterocycles. The number of aliphatic hydroxyl groups is 1. The molecule has 0 aromatic heterocycles. The first-order valence-corrected chi connectivity index (χ1v) is 24.5. The summed E-state index contributed by atoms with van der Waals surface area (Å²) in [6.07, 6.45) is 42.6. The molecule has 0 saturated carbocycles. The van der Waals surface area contributed by atoms with E-state index in [0.29, 0.717) is 23.9 Å². The number of aliphatic hydroxyl groups excluding tert-OH is 1.